The Morgan fingerprint density at radius 1 is 1.19 bits per heavy atom. The van der Waals surface area contributed by atoms with Crippen LogP contribution in [-0.2, 0) is 27.1 Å². The van der Waals surface area contributed by atoms with Crippen molar-refractivity contribution in [1.82, 2.24) is 10.6 Å². The van der Waals surface area contributed by atoms with Gasteiger partial charge in [0.1, 0.15) is 0 Å². The molecule has 26 heavy (non-hydrogen) atoms. The van der Waals surface area contributed by atoms with E-state index in [1.807, 2.05) is 0 Å². The number of nitrogens with one attached hydrogen (secondary N) is 2. The Morgan fingerprint density at radius 2 is 1.96 bits per heavy atom. The first-order valence-electron chi connectivity index (χ1n) is 9.68. The minimum Gasteiger partial charge on any atom is -0.389 e. The van der Waals surface area contributed by atoms with Crippen molar-refractivity contribution in [2.24, 2.45) is 0 Å². The van der Waals surface area contributed by atoms with E-state index in [0.717, 1.165) is 25.7 Å². The normalized spacial score (nSPS) is 32.2. The molecule has 2 fully saturated rings. The molecule has 1 aromatic carbocycles. The molecule has 0 bridgehead atoms. The first-order valence-corrected chi connectivity index (χ1v) is 9.68. The molecule has 3 N–H and O–H groups in total. The Balaban J connectivity index is 1.25. The first-order chi connectivity index (χ1) is 12.7. The summed E-state index contributed by atoms with van der Waals surface area (Å²) < 4.78 is 11.7. The van der Waals surface area contributed by atoms with Gasteiger partial charge in [-0.2, -0.15) is 0 Å². The van der Waals surface area contributed by atoms with Crippen LogP contribution in [0.3, 0.4) is 0 Å². The van der Waals surface area contributed by atoms with Gasteiger partial charge in [0.05, 0.1) is 37.9 Å². The van der Waals surface area contributed by atoms with Gasteiger partial charge in [-0.3, -0.25) is 4.79 Å². The summed E-state index contributed by atoms with van der Waals surface area (Å²) in [6.07, 6.45) is 3.44. The quantitative estimate of drug-likeness (QED) is 0.734. The monoisotopic (exact) mass is 360 g/mol. The SMILES string of the molecule is O=C(C[C@@H]1CC[C@H]2NC[C@@H](O)COC[C@@H]2O1)NC1Cc2ccccc2C1. The second-order valence-corrected chi connectivity index (χ2v) is 7.73. The minimum atomic E-state index is -0.463. The van der Waals surface area contributed by atoms with Crippen molar-refractivity contribution in [1.29, 1.82) is 0 Å². The summed E-state index contributed by atoms with van der Waals surface area (Å²) in [6, 6.07) is 8.78. The fourth-order valence-electron chi connectivity index (χ4n) is 4.32. The summed E-state index contributed by atoms with van der Waals surface area (Å²) in [5, 5.41) is 16.2. The maximum Gasteiger partial charge on any atom is 0.222 e. The molecular weight excluding hydrogens is 332 g/mol. The fourth-order valence-corrected chi connectivity index (χ4v) is 4.32. The number of β-amino-alcohol motifs (C(OH)–C–C–N with tert-alkyl or cyclic N) is 1. The van der Waals surface area contributed by atoms with E-state index in [1.165, 1.54) is 11.1 Å². The number of benzene rings is 1. The molecule has 2 saturated heterocycles. The topological polar surface area (TPSA) is 79.8 Å². The molecule has 4 atom stereocenters. The highest BCUT2D eigenvalue weighted by atomic mass is 16.5. The first kappa shape index (κ1) is 17.9. The van der Waals surface area contributed by atoms with Crippen LogP contribution in [0, 0.1) is 0 Å². The lowest BCUT2D eigenvalue weighted by atomic mass is 9.96. The molecule has 142 valence electrons. The predicted octanol–water partition coefficient (Wildman–Crippen LogP) is 0.557. The molecule has 1 amide bonds. The average molecular weight is 360 g/mol. The number of carbonyl (C=O) groups is 1. The van der Waals surface area contributed by atoms with Crippen LogP contribution < -0.4 is 10.6 Å². The molecule has 0 unspecified atom stereocenters. The molecule has 2 aliphatic heterocycles. The lowest BCUT2D eigenvalue weighted by molar-refractivity contribution is -0.138. The molecule has 6 heteroatoms. The van der Waals surface area contributed by atoms with Crippen LogP contribution in [0.4, 0.5) is 0 Å². The number of fused-ring (bicyclic) bond motifs is 2. The number of rotatable bonds is 3. The second kappa shape index (κ2) is 8.05. The van der Waals surface area contributed by atoms with Crippen LogP contribution in [0.5, 0.6) is 0 Å². The molecule has 4 rings (SSSR count). The van der Waals surface area contributed by atoms with E-state index in [1.54, 1.807) is 0 Å². The van der Waals surface area contributed by atoms with Gasteiger partial charge in [0, 0.05) is 18.6 Å². The van der Waals surface area contributed by atoms with Gasteiger partial charge < -0.3 is 25.2 Å². The van der Waals surface area contributed by atoms with Crippen molar-refractivity contribution >= 4 is 5.91 Å². The zero-order chi connectivity index (χ0) is 17.9. The molecule has 0 radical (unpaired) electrons. The van der Waals surface area contributed by atoms with E-state index in [4.69, 9.17) is 9.47 Å². The standard InChI is InChI=1S/C20H28N2O4/c23-16-10-21-18-6-5-17(26-19(18)12-25-11-16)9-20(24)22-15-7-13-3-1-2-4-14(13)8-15/h1-4,15-19,21,23H,5-12H2,(H,22,24)/t16-,17+,18-,19+/m1/s1. The summed E-state index contributed by atoms with van der Waals surface area (Å²) >= 11 is 0. The van der Waals surface area contributed by atoms with Crippen molar-refractivity contribution in [2.75, 3.05) is 19.8 Å². The number of carbonyl (C=O) groups excluding carboxylic acids is 1. The Morgan fingerprint density at radius 3 is 2.73 bits per heavy atom. The predicted molar refractivity (Wildman–Crippen MR) is 96.9 cm³/mol. The van der Waals surface area contributed by atoms with Crippen LogP contribution in [0.25, 0.3) is 0 Å². The molecule has 6 nitrogen and oxygen atoms in total. The molecule has 0 spiro atoms. The molecule has 1 aliphatic carbocycles. The van der Waals surface area contributed by atoms with Gasteiger partial charge in [-0.05, 0) is 36.8 Å². The van der Waals surface area contributed by atoms with Crippen LogP contribution in [0.2, 0.25) is 0 Å². The number of hydrogen-bond acceptors (Lipinski definition) is 5. The highest BCUT2D eigenvalue weighted by Gasteiger charge is 2.34. The maximum absolute atomic E-state index is 12.5. The number of ether oxygens (including phenoxy) is 2. The Labute approximate surface area is 154 Å². The van der Waals surface area contributed by atoms with Gasteiger partial charge in [0.15, 0.2) is 0 Å². The number of aliphatic hydroxyl groups is 1. The zero-order valence-corrected chi connectivity index (χ0v) is 15.0. The highest BCUT2D eigenvalue weighted by Crippen LogP contribution is 2.25. The molecule has 0 aromatic heterocycles. The van der Waals surface area contributed by atoms with Crippen molar-refractivity contribution in [3.63, 3.8) is 0 Å². The molecule has 3 aliphatic rings. The molecule has 0 saturated carbocycles. The van der Waals surface area contributed by atoms with Crippen LogP contribution >= 0.6 is 0 Å². The van der Waals surface area contributed by atoms with E-state index in [2.05, 4.69) is 34.9 Å². The Bertz CT molecular complexity index is 613. The molecule has 2 heterocycles. The van der Waals surface area contributed by atoms with E-state index in [9.17, 15) is 9.90 Å². The van der Waals surface area contributed by atoms with Gasteiger partial charge >= 0.3 is 0 Å². The van der Waals surface area contributed by atoms with E-state index in [0.29, 0.717) is 26.2 Å². The van der Waals surface area contributed by atoms with Crippen LogP contribution in [0.1, 0.15) is 30.4 Å². The maximum atomic E-state index is 12.5. The largest absolute Gasteiger partial charge is 0.389 e. The molecule has 1 aromatic rings. The van der Waals surface area contributed by atoms with Crippen LogP contribution in [-0.4, -0.2) is 61.2 Å². The summed E-state index contributed by atoms with van der Waals surface area (Å²) in [5.41, 5.74) is 2.68. The number of aliphatic hydroxyl groups excluding tert-OH is 1. The van der Waals surface area contributed by atoms with Gasteiger partial charge in [0.25, 0.3) is 0 Å². The smallest absolute Gasteiger partial charge is 0.222 e. The van der Waals surface area contributed by atoms with Crippen LogP contribution in [0.15, 0.2) is 24.3 Å². The lowest BCUT2D eigenvalue weighted by Gasteiger charge is -2.38. The fraction of sp³-hybridized carbons (Fsp3) is 0.650. The second-order valence-electron chi connectivity index (χ2n) is 7.73. The van der Waals surface area contributed by atoms with E-state index in [-0.39, 0.29) is 30.2 Å². The van der Waals surface area contributed by atoms with Gasteiger partial charge in [0.2, 0.25) is 5.91 Å². The summed E-state index contributed by atoms with van der Waals surface area (Å²) in [6.45, 7) is 1.32. The van der Waals surface area contributed by atoms with Gasteiger partial charge in [-0.25, -0.2) is 0 Å². The Kier molecular flexibility index (Phi) is 5.55. The minimum absolute atomic E-state index is 0.0511. The van der Waals surface area contributed by atoms with Crippen molar-refractivity contribution in [2.45, 2.75) is 62.5 Å². The Hall–Kier alpha value is -1.47. The van der Waals surface area contributed by atoms with Crippen molar-refractivity contribution < 1.29 is 19.4 Å². The number of amides is 1. The third-order valence-electron chi connectivity index (χ3n) is 5.65. The zero-order valence-electron chi connectivity index (χ0n) is 15.0. The van der Waals surface area contributed by atoms with Gasteiger partial charge in [-0.1, -0.05) is 24.3 Å². The van der Waals surface area contributed by atoms with E-state index >= 15 is 0 Å². The summed E-state index contributed by atoms with van der Waals surface area (Å²) in [4.78, 5) is 12.5. The average Bonchev–Trinajstić information content (AvgIpc) is 3.01. The third kappa shape index (κ3) is 4.26. The summed E-state index contributed by atoms with van der Waals surface area (Å²) in [5.74, 6) is 0.0707. The highest BCUT2D eigenvalue weighted by molar-refractivity contribution is 5.77. The van der Waals surface area contributed by atoms with E-state index < -0.39 is 6.10 Å². The number of hydrogen-bond donors (Lipinski definition) is 3. The van der Waals surface area contributed by atoms with Crippen molar-refractivity contribution in [3.8, 4) is 0 Å². The summed E-state index contributed by atoms with van der Waals surface area (Å²) in [7, 11) is 0. The molecular formula is C20H28N2O4. The van der Waals surface area contributed by atoms with Crippen molar-refractivity contribution in [3.05, 3.63) is 35.4 Å². The third-order valence-corrected chi connectivity index (χ3v) is 5.65. The lowest BCUT2D eigenvalue weighted by Crippen LogP contribution is -2.54. The van der Waals surface area contributed by atoms with Gasteiger partial charge in [-0.15, -0.1) is 0 Å².